The average Bonchev–Trinajstić information content (AvgIpc) is 3.44. The Kier molecular flexibility index (Phi) is 7.43. The number of hydrogen-bond acceptors (Lipinski definition) is 5. The van der Waals surface area contributed by atoms with Crippen molar-refractivity contribution in [3.05, 3.63) is 65.7 Å². The Balaban J connectivity index is 1.50. The summed E-state index contributed by atoms with van der Waals surface area (Å²) in [5.41, 5.74) is 1.97. The predicted molar refractivity (Wildman–Crippen MR) is 138 cm³/mol. The summed E-state index contributed by atoms with van der Waals surface area (Å²) in [6.45, 7) is 4.35. The molecule has 0 aromatic heterocycles. The standard InChI is InChI=1S/C28H34N4O4/c1-18(2)16-22(29-26(34)19-10-12-21(13-11-19)30(3)4)28(36)31-15-14-23-25(31)24(33)17-32(23)27(35)20-8-6-5-7-9-20/h5-13,18,22-23,25H,14-17H2,1-4H3,(H,29,34)/t22-,23+,25?/m0/s1. The van der Waals surface area contributed by atoms with Crippen LogP contribution >= 0.6 is 0 Å². The van der Waals surface area contributed by atoms with Crippen molar-refractivity contribution in [2.24, 2.45) is 5.92 Å². The van der Waals surface area contributed by atoms with E-state index in [2.05, 4.69) is 5.32 Å². The van der Waals surface area contributed by atoms with Gasteiger partial charge in [-0.2, -0.15) is 0 Å². The highest BCUT2D eigenvalue weighted by Crippen LogP contribution is 2.32. The van der Waals surface area contributed by atoms with E-state index >= 15 is 0 Å². The quantitative estimate of drug-likeness (QED) is 0.645. The fourth-order valence-electron chi connectivity index (χ4n) is 5.13. The van der Waals surface area contributed by atoms with Crippen molar-refractivity contribution in [1.82, 2.24) is 15.1 Å². The molecule has 3 atom stereocenters. The van der Waals surface area contributed by atoms with Crippen LogP contribution in [-0.4, -0.2) is 78.6 Å². The molecule has 1 N–H and O–H groups in total. The van der Waals surface area contributed by atoms with Crippen LogP contribution in [0.3, 0.4) is 0 Å². The number of rotatable bonds is 7. The minimum Gasteiger partial charge on any atom is -0.378 e. The molecule has 0 aliphatic carbocycles. The fraction of sp³-hybridized carbons (Fsp3) is 0.429. The lowest BCUT2D eigenvalue weighted by Crippen LogP contribution is -2.53. The highest BCUT2D eigenvalue weighted by molar-refractivity contribution is 6.03. The van der Waals surface area contributed by atoms with Crippen molar-refractivity contribution in [2.45, 2.75) is 44.8 Å². The maximum atomic E-state index is 13.7. The van der Waals surface area contributed by atoms with Crippen LogP contribution in [0.1, 0.15) is 47.4 Å². The van der Waals surface area contributed by atoms with Gasteiger partial charge < -0.3 is 20.0 Å². The molecule has 2 heterocycles. The van der Waals surface area contributed by atoms with Gasteiger partial charge in [-0.1, -0.05) is 32.0 Å². The topological polar surface area (TPSA) is 90.0 Å². The molecule has 2 saturated heterocycles. The first-order valence-corrected chi connectivity index (χ1v) is 12.4. The highest BCUT2D eigenvalue weighted by atomic mass is 16.2. The molecule has 2 aliphatic heterocycles. The molecule has 1 unspecified atom stereocenters. The smallest absolute Gasteiger partial charge is 0.254 e. The van der Waals surface area contributed by atoms with E-state index in [0.717, 1.165) is 5.69 Å². The molecular weight excluding hydrogens is 456 g/mol. The van der Waals surface area contributed by atoms with Gasteiger partial charge in [0, 0.05) is 37.5 Å². The summed E-state index contributed by atoms with van der Waals surface area (Å²) >= 11 is 0. The van der Waals surface area contributed by atoms with E-state index in [1.54, 1.807) is 46.2 Å². The number of ketones is 1. The zero-order valence-electron chi connectivity index (χ0n) is 21.3. The number of amides is 3. The van der Waals surface area contributed by atoms with Crippen LogP contribution in [0.4, 0.5) is 5.69 Å². The van der Waals surface area contributed by atoms with Crippen LogP contribution in [0, 0.1) is 5.92 Å². The molecule has 2 aromatic rings. The number of benzene rings is 2. The lowest BCUT2D eigenvalue weighted by Gasteiger charge is -2.29. The van der Waals surface area contributed by atoms with Crippen LogP contribution in [0.5, 0.6) is 0 Å². The molecule has 8 heteroatoms. The SMILES string of the molecule is CC(C)C[C@H](NC(=O)c1ccc(N(C)C)cc1)C(=O)N1CC[C@@H]2C1C(=O)CN2C(=O)c1ccccc1. The molecule has 8 nitrogen and oxygen atoms in total. The minimum absolute atomic E-state index is 0.00767. The van der Waals surface area contributed by atoms with Crippen molar-refractivity contribution in [3.8, 4) is 0 Å². The zero-order valence-corrected chi connectivity index (χ0v) is 21.3. The van der Waals surface area contributed by atoms with Crippen LogP contribution in [0.25, 0.3) is 0 Å². The Hall–Kier alpha value is -3.68. The number of nitrogens with one attached hydrogen (secondary N) is 1. The van der Waals surface area contributed by atoms with Crippen molar-refractivity contribution in [2.75, 3.05) is 32.1 Å². The monoisotopic (exact) mass is 490 g/mol. The van der Waals surface area contributed by atoms with Gasteiger partial charge in [0.15, 0.2) is 5.78 Å². The molecule has 0 radical (unpaired) electrons. The molecule has 2 aromatic carbocycles. The maximum Gasteiger partial charge on any atom is 0.254 e. The Morgan fingerprint density at radius 3 is 2.25 bits per heavy atom. The van der Waals surface area contributed by atoms with Gasteiger partial charge in [-0.25, -0.2) is 0 Å². The molecule has 0 spiro atoms. The summed E-state index contributed by atoms with van der Waals surface area (Å²) in [5.74, 6) is -0.766. The van der Waals surface area contributed by atoms with Crippen LogP contribution in [-0.2, 0) is 9.59 Å². The van der Waals surface area contributed by atoms with E-state index in [-0.39, 0.29) is 42.0 Å². The maximum absolute atomic E-state index is 13.7. The third-order valence-corrected chi connectivity index (χ3v) is 6.94. The number of hydrogen-bond donors (Lipinski definition) is 1. The third-order valence-electron chi connectivity index (χ3n) is 6.94. The first-order chi connectivity index (χ1) is 17.2. The number of nitrogens with zero attached hydrogens (tertiary/aromatic N) is 3. The van der Waals surface area contributed by atoms with Crippen molar-refractivity contribution < 1.29 is 19.2 Å². The Morgan fingerprint density at radius 2 is 1.64 bits per heavy atom. The van der Waals surface area contributed by atoms with E-state index in [1.807, 2.05) is 51.0 Å². The molecular formula is C28H34N4O4. The summed E-state index contributed by atoms with van der Waals surface area (Å²) in [6, 6.07) is 14.3. The molecule has 4 rings (SSSR count). The zero-order chi connectivity index (χ0) is 26.0. The average molecular weight is 491 g/mol. The van der Waals surface area contributed by atoms with Gasteiger partial charge in [-0.3, -0.25) is 19.2 Å². The van der Waals surface area contributed by atoms with Crippen LogP contribution in [0.2, 0.25) is 0 Å². The van der Waals surface area contributed by atoms with Gasteiger partial charge in [0.05, 0.1) is 12.6 Å². The van der Waals surface area contributed by atoms with Gasteiger partial charge in [-0.15, -0.1) is 0 Å². The lowest BCUT2D eigenvalue weighted by atomic mass is 10.0. The molecule has 3 amide bonds. The third kappa shape index (κ3) is 5.12. The Morgan fingerprint density at radius 1 is 0.972 bits per heavy atom. The minimum atomic E-state index is -0.753. The number of fused-ring (bicyclic) bond motifs is 1. The van der Waals surface area contributed by atoms with Crippen molar-refractivity contribution >= 4 is 29.2 Å². The van der Waals surface area contributed by atoms with E-state index in [9.17, 15) is 19.2 Å². The second kappa shape index (κ2) is 10.5. The Bertz CT molecular complexity index is 1130. The summed E-state index contributed by atoms with van der Waals surface area (Å²) in [4.78, 5) is 57.9. The number of anilines is 1. The van der Waals surface area contributed by atoms with E-state index in [1.165, 1.54) is 0 Å². The van der Waals surface area contributed by atoms with Gasteiger partial charge in [0.25, 0.3) is 11.8 Å². The number of Topliss-reactive ketones (excluding diaryl/α,β-unsaturated/α-hetero) is 1. The molecule has 2 fully saturated rings. The second-order valence-corrected chi connectivity index (χ2v) is 10.2. The van der Waals surface area contributed by atoms with Gasteiger partial charge in [-0.05, 0) is 55.2 Å². The largest absolute Gasteiger partial charge is 0.378 e. The Labute approximate surface area is 212 Å². The number of likely N-dealkylation sites (tertiary alicyclic amines) is 2. The second-order valence-electron chi connectivity index (χ2n) is 10.2. The van der Waals surface area contributed by atoms with Gasteiger partial charge >= 0.3 is 0 Å². The summed E-state index contributed by atoms with van der Waals surface area (Å²) < 4.78 is 0. The normalized spacial score (nSPS) is 19.9. The fourth-order valence-corrected chi connectivity index (χ4v) is 5.13. The highest BCUT2D eigenvalue weighted by Gasteiger charge is 2.52. The number of carbonyl (C=O) groups is 4. The summed E-state index contributed by atoms with van der Waals surface area (Å²) in [5, 5.41) is 2.91. The van der Waals surface area contributed by atoms with Gasteiger partial charge in [0.1, 0.15) is 12.1 Å². The first kappa shape index (κ1) is 25.4. The predicted octanol–water partition coefficient (Wildman–Crippen LogP) is 2.59. The van der Waals surface area contributed by atoms with Crippen molar-refractivity contribution in [1.29, 1.82) is 0 Å². The molecule has 36 heavy (non-hydrogen) atoms. The van der Waals surface area contributed by atoms with E-state index < -0.39 is 12.1 Å². The number of carbonyl (C=O) groups excluding carboxylic acids is 4. The molecule has 0 saturated carbocycles. The molecule has 0 bridgehead atoms. The molecule has 2 aliphatic rings. The summed E-state index contributed by atoms with van der Waals surface area (Å²) in [7, 11) is 3.85. The van der Waals surface area contributed by atoms with E-state index in [4.69, 9.17) is 0 Å². The lowest BCUT2D eigenvalue weighted by molar-refractivity contribution is -0.138. The van der Waals surface area contributed by atoms with Gasteiger partial charge in [0.2, 0.25) is 5.91 Å². The van der Waals surface area contributed by atoms with Crippen molar-refractivity contribution in [3.63, 3.8) is 0 Å². The van der Waals surface area contributed by atoms with Crippen LogP contribution < -0.4 is 10.2 Å². The first-order valence-electron chi connectivity index (χ1n) is 12.4. The molecule has 190 valence electrons. The summed E-state index contributed by atoms with van der Waals surface area (Å²) in [6.07, 6.45) is 0.990. The van der Waals surface area contributed by atoms with E-state index in [0.29, 0.717) is 30.5 Å². The van der Waals surface area contributed by atoms with Crippen LogP contribution in [0.15, 0.2) is 54.6 Å².